The average Bonchev–Trinajstić information content (AvgIpc) is 3.88. The molecule has 1 saturated heterocycles. The third-order valence-corrected chi connectivity index (χ3v) is 8.52. The van der Waals surface area contributed by atoms with E-state index in [2.05, 4.69) is 38.2 Å². The summed E-state index contributed by atoms with van der Waals surface area (Å²) in [4.78, 5) is 0. The van der Waals surface area contributed by atoms with E-state index in [1.54, 1.807) is 24.3 Å². The van der Waals surface area contributed by atoms with Crippen LogP contribution in [0.1, 0.15) is 128 Å². The van der Waals surface area contributed by atoms with Crippen LogP contribution in [0.3, 0.4) is 0 Å². The summed E-state index contributed by atoms with van der Waals surface area (Å²) in [6.07, 6.45) is 25.7. The van der Waals surface area contributed by atoms with Gasteiger partial charge in [0.2, 0.25) is 0 Å². The molecule has 3 rings (SSSR count). The Morgan fingerprint density at radius 3 is 1.56 bits per heavy atom. The van der Waals surface area contributed by atoms with Gasteiger partial charge in [-0.1, -0.05) is 115 Å². The molecule has 6 heteroatoms. The van der Waals surface area contributed by atoms with Gasteiger partial charge in [-0.25, -0.2) is 0 Å². The molecule has 1 fully saturated rings. The third-order valence-electron chi connectivity index (χ3n) is 8.18. The fraction of sp³-hybridized carbons (Fsp3) is 0.641. The van der Waals surface area contributed by atoms with E-state index in [0.29, 0.717) is 12.0 Å². The molecule has 1 aliphatic heterocycles. The minimum absolute atomic E-state index is 0.151. The van der Waals surface area contributed by atoms with Gasteiger partial charge >= 0.3 is 0 Å². The molecule has 0 amide bonds. The van der Waals surface area contributed by atoms with Crippen molar-refractivity contribution in [3.05, 3.63) is 71.8 Å². The van der Waals surface area contributed by atoms with E-state index in [9.17, 15) is 10.2 Å². The SMILES string of the molecule is CC(C)(c1ccc(O)cc1)c1ccc(O)cc1.CCCCCCCC/C=C\CCCCCCCCNCCCN.ClCC1CO1. The summed E-state index contributed by atoms with van der Waals surface area (Å²) in [5.41, 5.74) is 7.56. The van der Waals surface area contributed by atoms with Crippen molar-refractivity contribution in [2.75, 3.05) is 32.1 Å². The predicted octanol–water partition coefficient (Wildman–Crippen LogP) is 10.0. The largest absolute Gasteiger partial charge is 0.508 e. The topological polar surface area (TPSA) is 91.0 Å². The lowest BCUT2D eigenvalue weighted by atomic mass is 9.78. The molecule has 1 heterocycles. The maximum absolute atomic E-state index is 9.30. The second-order valence-corrected chi connectivity index (χ2v) is 13.0. The first-order valence-electron chi connectivity index (χ1n) is 17.7. The third kappa shape index (κ3) is 22.2. The lowest BCUT2D eigenvalue weighted by Gasteiger charge is -2.26. The molecule has 45 heavy (non-hydrogen) atoms. The van der Waals surface area contributed by atoms with Crippen LogP contribution in [-0.4, -0.2) is 48.4 Å². The molecule has 0 spiro atoms. The average molecular weight is 645 g/mol. The maximum Gasteiger partial charge on any atom is 0.115 e. The maximum atomic E-state index is 9.30. The Morgan fingerprint density at radius 1 is 0.733 bits per heavy atom. The van der Waals surface area contributed by atoms with Gasteiger partial charge in [-0.05, 0) is 93.6 Å². The molecule has 256 valence electrons. The van der Waals surface area contributed by atoms with Gasteiger partial charge in [0.05, 0.1) is 18.6 Å². The number of alkyl halides is 1. The standard InChI is InChI=1S/C21H44N2.C15H16O2.C3H5ClO/c1-2-3-4-5-6-7-8-9-10-11-12-13-14-15-16-17-20-23-21-18-19-22;1-15(2,11-3-7-13(16)8-4-11)12-5-9-14(17)10-6-12;4-1-3-2-5-3/h9-10,23H,2-8,11-22H2,1H3;3-10,16-17H,1-2H3;3H,1-2H2/b10-9-;;. The number of hydrogen-bond donors (Lipinski definition) is 4. The van der Waals surface area contributed by atoms with Crippen LogP contribution in [0.4, 0.5) is 0 Å². The number of phenols is 2. The van der Waals surface area contributed by atoms with Gasteiger partial charge in [0.15, 0.2) is 0 Å². The Hall–Kier alpha value is -2.05. The number of hydrogen-bond acceptors (Lipinski definition) is 5. The smallest absolute Gasteiger partial charge is 0.115 e. The van der Waals surface area contributed by atoms with E-state index in [1.807, 2.05) is 24.3 Å². The molecule has 0 saturated carbocycles. The molecule has 0 aliphatic carbocycles. The summed E-state index contributed by atoms with van der Waals surface area (Å²) in [5.74, 6) is 1.21. The second kappa shape index (κ2) is 27.1. The van der Waals surface area contributed by atoms with Gasteiger partial charge in [-0.3, -0.25) is 0 Å². The monoisotopic (exact) mass is 644 g/mol. The molecule has 0 bridgehead atoms. The number of halogens is 1. The van der Waals surface area contributed by atoms with Crippen molar-refractivity contribution in [1.82, 2.24) is 5.32 Å². The molecule has 5 nitrogen and oxygen atoms in total. The highest BCUT2D eigenvalue weighted by atomic mass is 35.5. The number of aromatic hydroxyl groups is 2. The van der Waals surface area contributed by atoms with Crippen molar-refractivity contribution in [2.45, 2.75) is 129 Å². The van der Waals surface area contributed by atoms with Crippen molar-refractivity contribution >= 4 is 11.6 Å². The highest BCUT2D eigenvalue weighted by Gasteiger charge is 2.22. The van der Waals surface area contributed by atoms with Gasteiger partial charge in [0, 0.05) is 5.41 Å². The normalized spacial score (nSPS) is 14.0. The first-order valence-corrected chi connectivity index (χ1v) is 18.2. The van der Waals surface area contributed by atoms with Crippen molar-refractivity contribution < 1.29 is 14.9 Å². The summed E-state index contributed by atoms with van der Waals surface area (Å²) >= 11 is 5.27. The molecule has 1 aliphatic rings. The van der Waals surface area contributed by atoms with Crippen molar-refractivity contribution in [3.8, 4) is 11.5 Å². The minimum Gasteiger partial charge on any atom is -0.508 e. The van der Waals surface area contributed by atoms with Gasteiger partial charge < -0.3 is 26.0 Å². The first-order chi connectivity index (χ1) is 21.8. The number of phenolic OH excluding ortho intramolecular Hbond substituents is 2. The van der Waals surface area contributed by atoms with E-state index in [0.717, 1.165) is 37.2 Å². The quantitative estimate of drug-likeness (QED) is 0.0443. The van der Waals surface area contributed by atoms with Crippen LogP contribution < -0.4 is 11.1 Å². The Morgan fingerprint density at radius 2 is 1.16 bits per heavy atom. The van der Waals surface area contributed by atoms with Gasteiger partial charge in [0.25, 0.3) is 0 Å². The predicted molar refractivity (Wildman–Crippen MR) is 195 cm³/mol. The molecule has 0 aromatic heterocycles. The Bertz CT molecular complexity index is 912. The molecule has 1 unspecified atom stereocenters. The van der Waals surface area contributed by atoms with Crippen LogP contribution in [0.5, 0.6) is 11.5 Å². The Labute approximate surface area is 281 Å². The van der Waals surface area contributed by atoms with Crippen molar-refractivity contribution in [1.29, 1.82) is 0 Å². The van der Waals surface area contributed by atoms with E-state index >= 15 is 0 Å². The highest BCUT2D eigenvalue weighted by Crippen LogP contribution is 2.32. The Kier molecular flexibility index (Phi) is 24.7. The summed E-state index contributed by atoms with van der Waals surface area (Å²) in [5, 5.41) is 22.0. The highest BCUT2D eigenvalue weighted by molar-refractivity contribution is 6.18. The van der Waals surface area contributed by atoms with E-state index in [1.165, 1.54) is 96.4 Å². The lowest BCUT2D eigenvalue weighted by molar-refractivity contribution is 0.425. The molecule has 2 aromatic rings. The van der Waals surface area contributed by atoms with Gasteiger partial charge in [0.1, 0.15) is 11.5 Å². The molecule has 5 N–H and O–H groups in total. The fourth-order valence-electron chi connectivity index (χ4n) is 4.93. The van der Waals surface area contributed by atoms with Gasteiger partial charge in [-0.15, -0.1) is 11.6 Å². The second-order valence-electron chi connectivity index (χ2n) is 12.7. The molecule has 1 atom stereocenters. The summed E-state index contributed by atoms with van der Waals surface area (Å²) in [6.45, 7) is 10.5. The number of allylic oxidation sites excluding steroid dienone is 2. The fourth-order valence-corrected chi connectivity index (χ4v) is 5.11. The van der Waals surface area contributed by atoms with Crippen molar-refractivity contribution in [2.24, 2.45) is 5.73 Å². The number of unbranched alkanes of at least 4 members (excludes halogenated alkanes) is 12. The zero-order valence-corrected chi connectivity index (χ0v) is 29.5. The first kappa shape index (κ1) is 41.0. The van der Waals surface area contributed by atoms with Crippen LogP contribution in [0.15, 0.2) is 60.7 Å². The number of nitrogens with one attached hydrogen (secondary N) is 1. The van der Waals surface area contributed by atoms with Crippen LogP contribution in [0.25, 0.3) is 0 Å². The molecular weight excluding hydrogens is 580 g/mol. The van der Waals surface area contributed by atoms with Crippen LogP contribution in [-0.2, 0) is 10.2 Å². The van der Waals surface area contributed by atoms with Crippen molar-refractivity contribution in [3.63, 3.8) is 0 Å². The number of epoxide rings is 1. The van der Waals surface area contributed by atoms with E-state index in [-0.39, 0.29) is 16.9 Å². The number of nitrogens with two attached hydrogens (primary N) is 1. The van der Waals surface area contributed by atoms with Crippen LogP contribution in [0, 0.1) is 0 Å². The summed E-state index contributed by atoms with van der Waals surface area (Å²) < 4.78 is 4.73. The Balaban J connectivity index is 0.000000398. The van der Waals surface area contributed by atoms with Gasteiger partial charge in [-0.2, -0.15) is 0 Å². The summed E-state index contributed by atoms with van der Waals surface area (Å²) in [6, 6.07) is 14.4. The van der Waals surface area contributed by atoms with E-state index < -0.39 is 0 Å². The summed E-state index contributed by atoms with van der Waals surface area (Å²) in [7, 11) is 0. The molecule has 0 radical (unpaired) electrons. The lowest BCUT2D eigenvalue weighted by Crippen LogP contribution is -2.19. The zero-order chi connectivity index (χ0) is 33.0. The van der Waals surface area contributed by atoms with E-state index in [4.69, 9.17) is 22.1 Å². The minimum atomic E-state index is -0.151. The van der Waals surface area contributed by atoms with Crippen LogP contribution in [0.2, 0.25) is 0 Å². The molecule has 2 aromatic carbocycles. The molecular formula is C39H65ClN2O3. The zero-order valence-electron chi connectivity index (χ0n) is 28.8. The number of rotatable bonds is 22. The number of benzene rings is 2. The number of ether oxygens (including phenoxy) is 1. The van der Waals surface area contributed by atoms with Crippen LogP contribution >= 0.6 is 11.6 Å².